The van der Waals surface area contributed by atoms with E-state index < -0.39 is 0 Å². The number of hydrogen-bond acceptors (Lipinski definition) is 8. The number of carbonyl (C=O) groups is 1. The van der Waals surface area contributed by atoms with Crippen LogP contribution >= 0.6 is 11.3 Å². The molecule has 0 radical (unpaired) electrons. The summed E-state index contributed by atoms with van der Waals surface area (Å²) in [6.07, 6.45) is 1.66. The Bertz CT molecular complexity index is 1310. The van der Waals surface area contributed by atoms with Gasteiger partial charge in [0.1, 0.15) is 5.75 Å². The molecule has 1 heterocycles. The Hall–Kier alpha value is -4.37. The molecule has 0 saturated heterocycles. The summed E-state index contributed by atoms with van der Waals surface area (Å²) in [6.45, 7) is 2.35. The van der Waals surface area contributed by atoms with Crippen LogP contribution in [0.2, 0.25) is 0 Å². The van der Waals surface area contributed by atoms with Crippen LogP contribution in [-0.2, 0) is 4.79 Å². The van der Waals surface area contributed by atoms with Crippen molar-refractivity contribution in [3.05, 3.63) is 83.7 Å². The number of nitrogens with one attached hydrogen (secondary N) is 2. The van der Waals surface area contributed by atoms with Gasteiger partial charge in [0, 0.05) is 16.6 Å². The van der Waals surface area contributed by atoms with Crippen LogP contribution in [0.3, 0.4) is 0 Å². The third-order valence-corrected chi connectivity index (χ3v) is 5.69. The first-order valence-corrected chi connectivity index (χ1v) is 12.2. The average molecular weight is 503 g/mol. The number of nitrogens with zero attached hydrogens (tertiary/aromatic N) is 2. The minimum Gasteiger partial charge on any atom is -0.494 e. The number of rotatable bonds is 11. The molecule has 0 spiro atoms. The van der Waals surface area contributed by atoms with E-state index in [1.165, 1.54) is 11.3 Å². The summed E-state index contributed by atoms with van der Waals surface area (Å²) in [5.41, 5.74) is 6.36. The molecule has 4 aromatic rings. The van der Waals surface area contributed by atoms with Crippen LogP contribution in [0.5, 0.6) is 17.2 Å². The maximum Gasteiger partial charge on any atom is 0.262 e. The second-order valence-electron chi connectivity index (χ2n) is 7.48. The minimum atomic E-state index is -0.283. The molecule has 1 amide bonds. The normalized spacial score (nSPS) is 10.7. The number of carbonyl (C=O) groups excluding carboxylic acids is 1. The largest absolute Gasteiger partial charge is 0.494 e. The zero-order chi connectivity index (χ0) is 25.2. The van der Waals surface area contributed by atoms with Crippen LogP contribution in [-0.4, -0.2) is 37.4 Å². The quantitative estimate of drug-likeness (QED) is 0.202. The van der Waals surface area contributed by atoms with Gasteiger partial charge in [-0.3, -0.25) is 10.2 Å². The van der Waals surface area contributed by atoms with E-state index in [4.69, 9.17) is 14.2 Å². The molecule has 0 bridgehead atoms. The number of methoxy groups -OCH3 is 1. The summed E-state index contributed by atoms with van der Waals surface area (Å²) in [6, 6.07) is 22.5. The molecule has 0 fully saturated rings. The van der Waals surface area contributed by atoms with Crippen molar-refractivity contribution >= 4 is 34.3 Å². The van der Waals surface area contributed by atoms with Crippen molar-refractivity contribution in [1.29, 1.82) is 0 Å². The molecule has 0 aliphatic heterocycles. The number of benzene rings is 3. The van der Waals surface area contributed by atoms with Crippen LogP contribution < -0.4 is 25.0 Å². The lowest BCUT2D eigenvalue weighted by Gasteiger charge is -2.12. The van der Waals surface area contributed by atoms with E-state index in [2.05, 4.69) is 20.8 Å². The van der Waals surface area contributed by atoms with Gasteiger partial charge in [0.25, 0.3) is 5.91 Å². The first-order chi connectivity index (χ1) is 17.6. The highest BCUT2D eigenvalue weighted by Gasteiger charge is 2.09. The smallest absolute Gasteiger partial charge is 0.262 e. The van der Waals surface area contributed by atoms with E-state index in [1.54, 1.807) is 49.7 Å². The Labute approximate surface area is 213 Å². The van der Waals surface area contributed by atoms with Crippen molar-refractivity contribution in [3.8, 4) is 28.5 Å². The summed E-state index contributed by atoms with van der Waals surface area (Å²) in [4.78, 5) is 16.8. The van der Waals surface area contributed by atoms with E-state index >= 15 is 0 Å². The van der Waals surface area contributed by atoms with Crippen molar-refractivity contribution in [2.45, 2.75) is 6.92 Å². The highest BCUT2D eigenvalue weighted by Crippen LogP contribution is 2.28. The molecule has 36 heavy (non-hydrogen) atoms. The monoisotopic (exact) mass is 502 g/mol. The molecule has 0 aliphatic carbocycles. The number of anilines is 2. The van der Waals surface area contributed by atoms with Crippen LogP contribution in [0.4, 0.5) is 10.8 Å². The lowest BCUT2D eigenvalue weighted by Crippen LogP contribution is -2.20. The van der Waals surface area contributed by atoms with Gasteiger partial charge < -0.3 is 19.5 Å². The molecule has 2 N–H and O–H groups in total. The van der Waals surface area contributed by atoms with Crippen molar-refractivity contribution in [3.63, 3.8) is 0 Å². The number of thiazole rings is 1. The maximum absolute atomic E-state index is 12.3. The molecule has 184 valence electrons. The van der Waals surface area contributed by atoms with Gasteiger partial charge in [-0.05, 0) is 55.0 Å². The summed E-state index contributed by atoms with van der Waals surface area (Å²) >= 11 is 1.48. The fourth-order valence-corrected chi connectivity index (χ4v) is 3.92. The van der Waals surface area contributed by atoms with Gasteiger partial charge in [-0.1, -0.05) is 30.3 Å². The summed E-state index contributed by atoms with van der Waals surface area (Å²) in [7, 11) is 1.54. The fraction of sp³-hybridized carbons (Fsp3) is 0.148. The van der Waals surface area contributed by atoms with Gasteiger partial charge in [-0.15, -0.1) is 11.3 Å². The molecule has 9 heteroatoms. The molecule has 0 saturated carbocycles. The molecular weight excluding hydrogens is 476 g/mol. The zero-order valence-corrected chi connectivity index (χ0v) is 20.7. The van der Waals surface area contributed by atoms with Crippen molar-refractivity contribution < 1.29 is 19.0 Å². The summed E-state index contributed by atoms with van der Waals surface area (Å²) in [5, 5.41) is 9.73. The Morgan fingerprint density at radius 3 is 2.58 bits per heavy atom. The standard InChI is InChI=1S/C27H26N4O4S/c1-3-34-22-12-10-21(11-13-22)29-26(32)17-35-24-14-9-19(15-25(24)33-2)16-28-31-27-30-23(18-36-27)20-7-5-4-6-8-20/h4-16,18H,3,17H2,1-2H3,(H,29,32)(H,30,31). The second kappa shape index (κ2) is 12.4. The van der Waals surface area contributed by atoms with Crippen molar-refractivity contribution in [2.24, 2.45) is 5.10 Å². The Morgan fingerprint density at radius 1 is 1.03 bits per heavy atom. The van der Waals surface area contributed by atoms with E-state index in [-0.39, 0.29) is 12.5 Å². The Morgan fingerprint density at radius 2 is 1.83 bits per heavy atom. The number of aromatic nitrogens is 1. The highest BCUT2D eigenvalue weighted by atomic mass is 32.1. The van der Waals surface area contributed by atoms with Gasteiger partial charge >= 0.3 is 0 Å². The van der Waals surface area contributed by atoms with Crippen LogP contribution in [0.15, 0.2) is 83.3 Å². The molecule has 4 rings (SSSR count). The fourth-order valence-electron chi connectivity index (χ4n) is 3.25. The number of hydrazone groups is 1. The summed E-state index contributed by atoms with van der Waals surface area (Å²) in [5.74, 6) is 1.42. The maximum atomic E-state index is 12.3. The third-order valence-electron chi connectivity index (χ3n) is 4.94. The van der Waals surface area contributed by atoms with E-state index in [9.17, 15) is 4.79 Å². The number of ether oxygens (including phenoxy) is 3. The second-order valence-corrected chi connectivity index (χ2v) is 8.34. The van der Waals surface area contributed by atoms with Crippen LogP contribution in [0, 0.1) is 0 Å². The van der Waals surface area contributed by atoms with Gasteiger partial charge in [-0.25, -0.2) is 4.98 Å². The first-order valence-electron chi connectivity index (χ1n) is 11.3. The van der Waals surface area contributed by atoms with Gasteiger partial charge in [0.2, 0.25) is 5.13 Å². The SMILES string of the molecule is CCOc1ccc(NC(=O)COc2ccc(C=NNc3nc(-c4ccccc4)cs3)cc2OC)cc1. The van der Waals surface area contributed by atoms with Crippen molar-refractivity contribution in [2.75, 3.05) is 31.1 Å². The van der Waals surface area contributed by atoms with Crippen LogP contribution in [0.25, 0.3) is 11.3 Å². The number of hydrogen-bond donors (Lipinski definition) is 2. The molecule has 3 aromatic carbocycles. The molecule has 0 unspecified atom stereocenters. The lowest BCUT2D eigenvalue weighted by atomic mass is 10.2. The Kier molecular flexibility index (Phi) is 8.50. The molecule has 8 nitrogen and oxygen atoms in total. The molecule has 0 aliphatic rings. The van der Waals surface area contributed by atoms with Crippen LogP contribution in [0.1, 0.15) is 12.5 Å². The average Bonchev–Trinajstić information content (AvgIpc) is 3.38. The van der Waals surface area contributed by atoms with Gasteiger partial charge in [-0.2, -0.15) is 5.10 Å². The van der Waals surface area contributed by atoms with E-state index in [0.717, 1.165) is 22.6 Å². The van der Waals surface area contributed by atoms with Gasteiger partial charge in [0.05, 0.1) is 25.6 Å². The molecule has 1 aromatic heterocycles. The lowest BCUT2D eigenvalue weighted by molar-refractivity contribution is -0.118. The predicted octanol–water partition coefficient (Wildman–Crippen LogP) is 5.68. The Balaban J connectivity index is 1.30. The zero-order valence-electron chi connectivity index (χ0n) is 19.9. The van der Waals surface area contributed by atoms with E-state index in [1.807, 2.05) is 48.7 Å². The predicted molar refractivity (Wildman–Crippen MR) is 143 cm³/mol. The third kappa shape index (κ3) is 6.83. The van der Waals surface area contributed by atoms with E-state index in [0.29, 0.717) is 28.9 Å². The topological polar surface area (TPSA) is 94.1 Å². The summed E-state index contributed by atoms with van der Waals surface area (Å²) < 4.78 is 16.5. The highest BCUT2D eigenvalue weighted by molar-refractivity contribution is 7.14. The minimum absolute atomic E-state index is 0.160. The number of amides is 1. The van der Waals surface area contributed by atoms with Crippen molar-refractivity contribution in [1.82, 2.24) is 4.98 Å². The molecular formula is C27H26N4O4S. The molecule has 0 atom stereocenters. The van der Waals surface area contributed by atoms with Gasteiger partial charge in [0.15, 0.2) is 18.1 Å². The first kappa shape index (κ1) is 24.7.